The fourth-order valence-corrected chi connectivity index (χ4v) is 6.62. The number of nitrogens with one attached hydrogen (secondary N) is 1. The monoisotopic (exact) mass is 627 g/mol. The first-order valence-electron chi connectivity index (χ1n) is 14.9. The zero-order valence-corrected chi connectivity index (χ0v) is 27.3. The minimum atomic E-state index is -4.24. The fraction of sp³-hybridized carbons (Fsp3) is 0.278. The van der Waals surface area contributed by atoms with Gasteiger partial charge in [-0.15, -0.1) is 0 Å². The van der Waals surface area contributed by atoms with Crippen LogP contribution >= 0.6 is 0 Å². The first-order valence-corrected chi connectivity index (χ1v) is 16.4. The summed E-state index contributed by atoms with van der Waals surface area (Å²) < 4.78 is 35.3. The summed E-state index contributed by atoms with van der Waals surface area (Å²) in [5.41, 5.74) is 4.64. The molecule has 4 aromatic carbocycles. The number of ether oxygens (including phenoxy) is 1. The van der Waals surface area contributed by atoms with E-state index in [2.05, 4.69) is 5.32 Å². The zero-order chi connectivity index (χ0) is 32.6. The number of nitrogens with zero attached hydrogens (tertiary/aromatic N) is 2. The van der Waals surface area contributed by atoms with Crippen LogP contribution in [-0.2, 0) is 32.6 Å². The molecule has 0 aliphatic carbocycles. The molecule has 0 saturated carbocycles. The van der Waals surface area contributed by atoms with Crippen LogP contribution in [-0.4, -0.2) is 51.4 Å². The van der Waals surface area contributed by atoms with Gasteiger partial charge in [-0.25, -0.2) is 8.42 Å². The lowest BCUT2D eigenvalue weighted by Gasteiger charge is -2.34. The second-order valence-corrected chi connectivity index (χ2v) is 13.0. The van der Waals surface area contributed by atoms with Crippen LogP contribution < -0.4 is 14.4 Å². The van der Waals surface area contributed by atoms with Crippen molar-refractivity contribution in [2.24, 2.45) is 0 Å². The Kier molecular flexibility index (Phi) is 11.0. The summed E-state index contributed by atoms with van der Waals surface area (Å²) >= 11 is 0. The SMILES string of the molecule is CCNC(=O)[C@@H](Cc1ccccc1)N(Cc1cccc(C)c1)C(=O)CN(c1cc(C)ccc1OC)S(=O)(=O)c1ccc(C)cc1. The standard InChI is InChI=1S/C36H41N3O5S/c1-6-37-36(41)33(23-29-12-8-7-9-13-29)38(24-30-14-10-11-27(3)21-30)35(40)25-39(32-22-28(4)17-20-34(32)44-5)45(42,43)31-18-15-26(2)16-19-31/h7-22,33H,6,23-25H2,1-5H3,(H,37,41)/t33-/m1/s1. The Morgan fingerprint density at radius 3 is 2.09 bits per heavy atom. The lowest BCUT2D eigenvalue weighted by Crippen LogP contribution is -2.53. The van der Waals surface area contributed by atoms with E-state index in [1.807, 2.05) is 88.4 Å². The molecule has 0 aliphatic rings. The fourth-order valence-electron chi connectivity index (χ4n) is 5.20. The number of carbonyl (C=O) groups excluding carboxylic acids is 2. The van der Waals surface area contributed by atoms with E-state index >= 15 is 0 Å². The normalized spacial score (nSPS) is 11.8. The molecular weight excluding hydrogens is 586 g/mol. The van der Waals surface area contributed by atoms with Gasteiger partial charge in [-0.05, 0) is 68.7 Å². The molecule has 0 saturated heterocycles. The van der Waals surface area contributed by atoms with Crippen LogP contribution in [0.4, 0.5) is 5.69 Å². The number of amides is 2. The third-order valence-corrected chi connectivity index (χ3v) is 9.32. The number of hydrogen-bond acceptors (Lipinski definition) is 5. The third kappa shape index (κ3) is 8.30. The molecule has 4 rings (SSSR count). The molecule has 0 aliphatic heterocycles. The van der Waals surface area contributed by atoms with Crippen LogP contribution in [0.15, 0.2) is 102 Å². The van der Waals surface area contributed by atoms with E-state index in [1.54, 1.807) is 24.3 Å². The average Bonchev–Trinajstić information content (AvgIpc) is 3.02. The summed E-state index contributed by atoms with van der Waals surface area (Å²) in [7, 11) is -2.78. The highest BCUT2D eigenvalue weighted by atomic mass is 32.2. The Hall–Kier alpha value is -4.63. The van der Waals surface area contributed by atoms with Crippen LogP contribution in [0.3, 0.4) is 0 Å². The van der Waals surface area contributed by atoms with Gasteiger partial charge in [0, 0.05) is 19.5 Å². The highest BCUT2D eigenvalue weighted by Crippen LogP contribution is 2.34. The summed E-state index contributed by atoms with van der Waals surface area (Å²) in [6.45, 7) is 7.44. The average molecular weight is 628 g/mol. The third-order valence-electron chi connectivity index (χ3n) is 7.55. The van der Waals surface area contributed by atoms with Gasteiger partial charge < -0.3 is 15.0 Å². The summed E-state index contributed by atoms with van der Waals surface area (Å²) in [6, 6.07) is 28.0. The maximum absolute atomic E-state index is 14.6. The topological polar surface area (TPSA) is 96.0 Å². The lowest BCUT2D eigenvalue weighted by atomic mass is 10.0. The number of benzene rings is 4. The van der Waals surface area contributed by atoms with Crippen molar-refractivity contribution >= 4 is 27.5 Å². The number of hydrogen-bond donors (Lipinski definition) is 1. The van der Waals surface area contributed by atoms with Gasteiger partial charge in [-0.3, -0.25) is 13.9 Å². The van der Waals surface area contributed by atoms with Crippen LogP contribution in [0.1, 0.15) is 34.7 Å². The molecule has 45 heavy (non-hydrogen) atoms. The van der Waals surface area contributed by atoms with Crippen molar-refractivity contribution in [1.82, 2.24) is 10.2 Å². The molecule has 0 radical (unpaired) electrons. The van der Waals surface area contributed by atoms with Crippen LogP contribution in [0.5, 0.6) is 5.75 Å². The van der Waals surface area contributed by atoms with Gasteiger partial charge in [0.25, 0.3) is 10.0 Å². The van der Waals surface area contributed by atoms with E-state index in [-0.39, 0.29) is 29.5 Å². The number of aryl methyl sites for hydroxylation is 3. The van der Waals surface area contributed by atoms with Crippen molar-refractivity contribution in [1.29, 1.82) is 0 Å². The largest absolute Gasteiger partial charge is 0.495 e. The minimum Gasteiger partial charge on any atom is -0.495 e. The van der Waals surface area contributed by atoms with Crippen molar-refractivity contribution in [2.75, 3.05) is 24.5 Å². The van der Waals surface area contributed by atoms with E-state index in [0.29, 0.717) is 12.3 Å². The number of methoxy groups -OCH3 is 1. The molecule has 0 spiro atoms. The molecule has 0 bridgehead atoms. The minimum absolute atomic E-state index is 0.0410. The van der Waals surface area contributed by atoms with Gasteiger partial charge in [0.1, 0.15) is 18.3 Å². The number of likely N-dealkylation sites (N-methyl/N-ethyl adjacent to an activating group) is 1. The summed E-state index contributed by atoms with van der Waals surface area (Å²) in [5.74, 6) is -0.537. The molecule has 9 heteroatoms. The van der Waals surface area contributed by atoms with E-state index < -0.39 is 28.5 Å². The molecule has 1 atom stereocenters. The van der Waals surface area contributed by atoms with Crippen molar-refractivity contribution in [3.63, 3.8) is 0 Å². The second kappa shape index (κ2) is 14.9. The summed E-state index contributed by atoms with van der Waals surface area (Å²) in [4.78, 5) is 29.8. The zero-order valence-electron chi connectivity index (χ0n) is 26.5. The molecule has 2 amide bonds. The predicted octanol–water partition coefficient (Wildman–Crippen LogP) is 5.59. The molecule has 1 N–H and O–H groups in total. The molecule has 0 unspecified atom stereocenters. The smallest absolute Gasteiger partial charge is 0.264 e. The van der Waals surface area contributed by atoms with Gasteiger partial charge >= 0.3 is 0 Å². The summed E-state index contributed by atoms with van der Waals surface area (Å²) in [5, 5.41) is 2.89. The molecule has 0 heterocycles. The Bertz CT molecular complexity index is 1720. The quantitative estimate of drug-likeness (QED) is 0.209. The molecule has 0 aromatic heterocycles. The van der Waals surface area contributed by atoms with E-state index in [0.717, 1.165) is 32.1 Å². The van der Waals surface area contributed by atoms with Crippen LogP contribution in [0.25, 0.3) is 0 Å². The number of carbonyl (C=O) groups is 2. The van der Waals surface area contributed by atoms with Crippen molar-refractivity contribution < 1.29 is 22.7 Å². The molecule has 236 valence electrons. The molecule has 0 fully saturated rings. The molecule has 8 nitrogen and oxygen atoms in total. The maximum Gasteiger partial charge on any atom is 0.264 e. The summed E-state index contributed by atoms with van der Waals surface area (Å²) in [6.07, 6.45) is 0.253. The van der Waals surface area contributed by atoms with Crippen molar-refractivity contribution in [2.45, 2.75) is 51.6 Å². The van der Waals surface area contributed by atoms with Crippen LogP contribution in [0.2, 0.25) is 0 Å². The Morgan fingerprint density at radius 1 is 0.800 bits per heavy atom. The van der Waals surface area contributed by atoms with E-state index in [9.17, 15) is 18.0 Å². The van der Waals surface area contributed by atoms with Gasteiger partial charge in [-0.1, -0.05) is 83.9 Å². The van der Waals surface area contributed by atoms with Crippen LogP contribution in [0, 0.1) is 20.8 Å². The maximum atomic E-state index is 14.6. The van der Waals surface area contributed by atoms with Gasteiger partial charge in [0.05, 0.1) is 17.7 Å². The van der Waals surface area contributed by atoms with Crippen molar-refractivity contribution in [3.8, 4) is 5.75 Å². The first kappa shape index (κ1) is 33.3. The Balaban J connectivity index is 1.85. The van der Waals surface area contributed by atoms with E-state index in [4.69, 9.17) is 4.74 Å². The molecule has 4 aromatic rings. The second-order valence-electron chi connectivity index (χ2n) is 11.1. The van der Waals surface area contributed by atoms with Gasteiger partial charge in [0.2, 0.25) is 11.8 Å². The molecular formula is C36H41N3O5S. The number of rotatable bonds is 13. The lowest BCUT2D eigenvalue weighted by molar-refractivity contribution is -0.140. The van der Waals surface area contributed by atoms with Gasteiger partial charge in [0.15, 0.2) is 0 Å². The first-order chi connectivity index (χ1) is 21.5. The highest BCUT2D eigenvalue weighted by molar-refractivity contribution is 7.92. The van der Waals surface area contributed by atoms with E-state index in [1.165, 1.54) is 24.1 Å². The number of sulfonamides is 1. The number of anilines is 1. The highest BCUT2D eigenvalue weighted by Gasteiger charge is 2.35. The Morgan fingerprint density at radius 2 is 1.44 bits per heavy atom. The van der Waals surface area contributed by atoms with Gasteiger partial charge in [-0.2, -0.15) is 0 Å². The van der Waals surface area contributed by atoms with Crippen molar-refractivity contribution in [3.05, 3.63) is 125 Å². The Labute approximate surface area is 266 Å². The predicted molar refractivity (Wildman–Crippen MR) is 178 cm³/mol.